The van der Waals surface area contributed by atoms with Gasteiger partial charge in [0.1, 0.15) is 0 Å². The normalized spacial score (nSPS) is 20.0. The molecule has 0 aliphatic carbocycles. The van der Waals surface area contributed by atoms with E-state index in [-0.39, 0.29) is 36.2 Å². The molecule has 10 heteroatoms. The molecule has 21 heavy (non-hydrogen) atoms. The molecule has 0 saturated carbocycles. The summed E-state index contributed by atoms with van der Waals surface area (Å²) in [6.45, 7) is 1.81. The Hall–Kier alpha value is 0.0300. The van der Waals surface area contributed by atoms with Crippen molar-refractivity contribution in [2.75, 3.05) is 0 Å². The van der Waals surface area contributed by atoms with Crippen LogP contribution in [0.1, 0.15) is 4.88 Å². The van der Waals surface area contributed by atoms with Crippen molar-refractivity contribution in [1.29, 1.82) is 0 Å². The van der Waals surface area contributed by atoms with E-state index in [2.05, 4.69) is 0 Å². The van der Waals surface area contributed by atoms with Crippen molar-refractivity contribution in [2.45, 2.75) is 6.92 Å². The van der Waals surface area contributed by atoms with Crippen LogP contribution in [0.5, 0.6) is 11.5 Å². The quantitative estimate of drug-likeness (QED) is 0.398. The van der Waals surface area contributed by atoms with Crippen LogP contribution in [0.25, 0.3) is 0 Å². The zero-order chi connectivity index (χ0) is 15.6. The van der Waals surface area contributed by atoms with Gasteiger partial charge in [0.2, 0.25) is 0 Å². The number of rotatable bonds is 1. The molecule has 4 nitrogen and oxygen atoms in total. The van der Waals surface area contributed by atoms with Crippen molar-refractivity contribution in [3.63, 3.8) is 0 Å². The van der Waals surface area contributed by atoms with Crippen molar-refractivity contribution in [3.05, 3.63) is 37.1 Å². The van der Waals surface area contributed by atoms with E-state index in [0.29, 0.717) is 0 Å². The summed E-state index contributed by atoms with van der Waals surface area (Å²) >= 11 is 25.0. The standard InChI is InChI=1S/C11H7Cl4O4PS/c1-4-2-3-5(21-4)20(16,17)18-10-8(14)6(12)7(13)9(15)11(10)19-20/h2-3,16-17H,1H3. The first-order valence-electron chi connectivity index (χ1n) is 5.47. The number of halogens is 4. The third-order valence-corrected chi connectivity index (χ3v) is 8.51. The Kier molecular flexibility index (Phi) is 3.61. The molecule has 1 aliphatic rings. The Morgan fingerprint density at radius 2 is 1.38 bits per heavy atom. The third-order valence-electron chi connectivity index (χ3n) is 2.80. The van der Waals surface area contributed by atoms with Crippen LogP contribution >= 0.6 is 65.3 Å². The zero-order valence-corrected chi connectivity index (χ0v) is 15.0. The van der Waals surface area contributed by atoms with Gasteiger partial charge in [-0.05, 0) is 0 Å². The average Bonchev–Trinajstić information content (AvgIpc) is 2.97. The van der Waals surface area contributed by atoms with Crippen molar-refractivity contribution in [1.82, 2.24) is 0 Å². The molecule has 1 aromatic heterocycles. The van der Waals surface area contributed by atoms with E-state index in [4.69, 9.17) is 55.5 Å². The molecule has 2 N–H and O–H groups in total. The number of hydrogen-bond donors (Lipinski definition) is 2. The molecule has 0 bridgehead atoms. The Morgan fingerprint density at radius 1 is 0.905 bits per heavy atom. The fraction of sp³-hybridized carbons (Fsp3) is 0.0909. The molecule has 2 aromatic rings. The SMILES string of the molecule is Cc1ccc(P2(O)(O)Oc3c(Cl)c(Cl)c(Cl)c(Cl)c3O2)s1. The monoisotopic (exact) mass is 406 g/mol. The van der Waals surface area contributed by atoms with Gasteiger partial charge in [-0.15, -0.1) is 0 Å². The second kappa shape index (κ2) is 4.76. The summed E-state index contributed by atoms with van der Waals surface area (Å²) < 4.78 is 10.7. The van der Waals surface area contributed by atoms with Crippen LogP contribution < -0.4 is 13.7 Å². The van der Waals surface area contributed by atoms with E-state index in [1.807, 2.05) is 6.92 Å². The van der Waals surface area contributed by atoms with E-state index >= 15 is 0 Å². The second-order valence-electron chi connectivity index (χ2n) is 4.35. The van der Waals surface area contributed by atoms with Crippen molar-refractivity contribution >= 4 is 69.9 Å². The molecule has 0 saturated heterocycles. The van der Waals surface area contributed by atoms with Gasteiger partial charge in [0.15, 0.2) is 0 Å². The first kappa shape index (κ1) is 15.9. The van der Waals surface area contributed by atoms with E-state index in [0.717, 1.165) is 16.2 Å². The van der Waals surface area contributed by atoms with E-state index < -0.39 is 7.51 Å². The summed E-state index contributed by atoms with van der Waals surface area (Å²) in [5.41, 5.74) is 0. The summed E-state index contributed by atoms with van der Waals surface area (Å²) in [4.78, 5) is 22.1. The van der Waals surface area contributed by atoms with Gasteiger partial charge in [0, 0.05) is 0 Å². The molecule has 0 unspecified atom stereocenters. The Balaban J connectivity index is 2.21. The van der Waals surface area contributed by atoms with Gasteiger partial charge in [0.25, 0.3) is 0 Å². The van der Waals surface area contributed by atoms with Gasteiger partial charge in [0.05, 0.1) is 0 Å². The van der Waals surface area contributed by atoms with Gasteiger partial charge in [-0.1, -0.05) is 0 Å². The van der Waals surface area contributed by atoms with Crippen LogP contribution in [0.3, 0.4) is 0 Å². The van der Waals surface area contributed by atoms with Crippen LogP contribution in [0.15, 0.2) is 12.1 Å². The van der Waals surface area contributed by atoms with E-state index in [1.54, 1.807) is 6.07 Å². The van der Waals surface area contributed by atoms with Crippen molar-refractivity contribution in [2.24, 2.45) is 0 Å². The molecule has 0 radical (unpaired) electrons. The Bertz CT molecular complexity index is 735. The van der Waals surface area contributed by atoms with Gasteiger partial charge in [-0.25, -0.2) is 0 Å². The summed E-state index contributed by atoms with van der Waals surface area (Å²) in [7, 11) is -5.11. The molecule has 0 fully saturated rings. The Morgan fingerprint density at radius 3 is 1.76 bits per heavy atom. The van der Waals surface area contributed by atoms with Crippen LogP contribution in [-0.2, 0) is 0 Å². The second-order valence-corrected chi connectivity index (χ2v) is 10.0. The number of fused-ring (bicyclic) bond motifs is 1. The summed E-state index contributed by atoms with van der Waals surface area (Å²) in [6, 6.07) is 3.22. The number of thiophene rings is 1. The van der Waals surface area contributed by atoms with E-state index in [9.17, 15) is 9.79 Å². The molecular formula is C11H7Cl4O4PS. The summed E-state index contributed by atoms with van der Waals surface area (Å²) in [5.74, 6) is -0.269. The topological polar surface area (TPSA) is 58.9 Å². The van der Waals surface area contributed by atoms with Gasteiger partial charge in [-0.2, -0.15) is 0 Å². The molecule has 3 rings (SSSR count). The molecular weight excluding hydrogens is 401 g/mol. The number of hydrogen-bond acceptors (Lipinski definition) is 5. The van der Waals surface area contributed by atoms with Crippen molar-refractivity contribution < 1.29 is 18.8 Å². The number of benzene rings is 1. The van der Waals surface area contributed by atoms with Crippen LogP contribution in [0, 0.1) is 6.92 Å². The molecule has 114 valence electrons. The zero-order valence-electron chi connectivity index (χ0n) is 10.2. The number of aryl methyl sites for hydroxylation is 1. The minimum atomic E-state index is -5.11. The van der Waals surface area contributed by atoms with Crippen LogP contribution in [0.4, 0.5) is 0 Å². The molecule has 0 spiro atoms. The van der Waals surface area contributed by atoms with Gasteiger partial charge < -0.3 is 0 Å². The van der Waals surface area contributed by atoms with Gasteiger partial charge in [-0.3, -0.25) is 0 Å². The summed E-state index contributed by atoms with van der Waals surface area (Å²) in [5, 5.41) is -0.283. The van der Waals surface area contributed by atoms with Crippen molar-refractivity contribution in [3.8, 4) is 11.5 Å². The van der Waals surface area contributed by atoms with E-state index in [1.165, 1.54) is 6.07 Å². The minimum absolute atomic E-state index is 0.0477. The predicted octanol–water partition coefficient (Wildman–Crippen LogP) is 4.96. The van der Waals surface area contributed by atoms with Gasteiger partial charge >= 0.3 is 144 Å². The molecule has 0 atom stereocenters. The third kappa shape index (κ3) is 2.32. The maximum atomic E-state index is 10.6. The molecule has 0 amide bonds. The summed E-state index contributed by atoms with van der Waals surface area (Å²) in [6.07, 6.45) is 0. The van der Waals surface area contributed by atoms with Crippen LogP contribution in [0.2, 0.25) is 20.1 Å². The first-order valence-corrected chi connectivity index (χ1v) is 9.78. The predicted molar refractivity (Wildman–Crippen MR) is 87.8 cm³/mol. The first-order chi connectivity index (χ1) is 9.62. The maximum absolute atomic E-state index is 10.6. The Labute approximate surface area is 144 Å². The fourth-order valence-corrected chi connectivity index (χ4v) is 6.26. The average molecular weight is 408 g/mol. The molecule has 2 heterocycles. The molecule has 1 aromatic carbocycles. The van der Waals surface area contributed by atoms with Crippen LogP contribution in [-0.4, -0.2) is 9.79 Å². The molecule has 1 aliphatic heterocycles. The fourth-order valence-electron chi connectivity index (χ4n) is 1.82.